The van der Waals surface area contributed by atoms with Crippen molar-refractivity contribution in [2.75, 3.05) is 19.0 Å². The molecule has 154 valence electrons. The normalized spacial score (nSPS) is 14.6. The summed E-state index contributed by atoms with van der Waals surface area (Å²) in [5.41, 5.74) is 6.97. The summed E-state index contributed by atoms with van der Waals surface area (Å²) >= 11 is 0. The molecule has 0 spiro atoms. The lowest BCUT2D eigenvalue weighted by Crippen LogP contribution is -2.10. The molecule has 4 aromatic rings. The van der Waals surface area contributed by atoms with Crippen molar-refractivity contribution >= 4 is 14.1 Å². The molecule has 0 aromatic heterocycles. The molecule has 0 N–H and O–H groups in total. The van der Waals surface area contributed by atoms with E-state index >= 15 is 0 Å². The molecule has 31 heavy (non-hydrogen) atoms. The lowest BCUT2D eigenvalue weighted by molar-refractivity contribution is 0.492. The maximum absolute atomic E-state index is 6.59. The van der Waals surface area contributed by atoms with E-state index in [1.165, 1.54) is 11.1 Å². The maximum atomic E-state index is 6.59. The number of nitrogens with zero attached hydrogens (tertiary/aromatic N) is 1. The van der Waals surface area contributed by atoms with Crippen molar-refractivity contribution in [2.45, 2.75) is 6.16 Å². The Hall–Kier alpha value is -3.29. The Labute approximate surface area is 184 Å². The first-order chi connectivity index (χ1) is 15.2. The number of rotatable bonds is 4. The van der Waals surface area contributed by atoms with Crippen LogP contribution in [-0.4, -0.2) is 14.1 Å². The summed E-state index contributed by atoms with van der Waals surface area (Å²) in [6.07, 6.45) is 0.740. The predicted molar refractivity (Wildman–Crippen MR) is 130 cm³/mol. The van der Waals surface area contributed by atoms with E-state index in [2.05, 4.69) is 91.8 Å². The third kappa shape index (κ3) is 3.89. The Kier molecular flexibility index (Phi) is 5.36. The van der Waals surface area contributed by atoms with Crippen molar-refractivity contribution in [1.29, 1.82) is 0 Å². The molecule has 3 nitrogen and oxygen atoms in total. The molecule has 1 unspecified atom stereocenters. The average molecular weight is 425 g/mol. The molecule has 0 fully saturated rings. The van der Waals surface area contributed by atoms with Gasteiger partial charge in [0.15, 0.2) is 0 Å². The summed E-state index contributed by atoms with van der Waals surface area (Å²) in [4.78, 5) is 2.13. The van der Waals surface area contributed by atoms with E-state index in [1.807, 2.05) is 24.3 Å². The third-order valence-corrected chi connectivity index (χ3v) is 6.86. The van der Waals surface area contributed by atoms with Gasteiger partial charge in [-0.15, -0.1) is 0 Å². The third-order valence-electron chi connectivity index (χ3n) is 5.46. The summed E-state index contributed by atoms with van der Waals surface area (Å²) < 4.78 is 13.0. The second kappa shape index (κ2) is 8.45. The van der Waals surface area contributed by atoms with Crippen LogP contribution in [-0.2, 0) is 6.16 Å². The Balaban J connectivity index is 1.54. The molecule has 0 aliphatic carbocycles. The molecule has 0 saturated heterocycles. The van der Waals surface area contributed by atoms with Gasteiger partial charge in [0, 0.05) is 36.5 Å². The quantitative estimate of drug-likeness (QED) is 0.319. The van der Waals surface area contributed by atoms with Gasteiger partial charge in [-0.3, -0.25) is 0 Å². The van der Waals surface area contributed by atoms with Gasteiger partial charge < -0.3 is 13.9 Å². The highest BCUT2D eigenvalue weighted by Crippen LogP contribution is 2.52. The highest BCUT2D eigenvalue weighted by molar-refractivity contribution is 7.47. The molecule has 5 rings (SSSR count). The molecule has 0 bridgehead atoms. The monoisotopic (exact) mass is 425 g/mol. The molecule has 1 atom stereocenters. The van der Waals surface area contributed by atoms with Crippen LogP contribution in [0.4, 0.5) is 5.69 Å². The highest BCUT2D eigenvalue weighted by Gasteiger charge is 2.25. The standard InChI is InChI=1S/C27H24NO2P/c1-28(2)25-16-8-5-13-22(25)24-15-7-10-18-27(24)30-31-19-20-11-3-4-12-21(20)23-14-6-9-17-26(23)29-31/h3-18H,19H2,1-2H3. The maximum Gasteiger partial charge on any atom is 0.295 e. The van der Waals surface area contributed by atoms with Gasteiger partial charge in [0.25, 0.3) is 8.38 Å². The first-order valence-corrected chi connectivity index (χ1v) is 11.7. The first kappa shape index (κ1) is 19.7. The SMILES string of the molecule is CN(C)c1ccccc1-c1ccccc1OP1Cc2ccccc2-c2ccccc2O1. The van der Waals surface area contributed by atoms with Crippen LogP contribution in [0.5, 0.6) is 11.5 Å². The lowest BCUT2D eigenvalue weighted by Gasteiger charge is -2.22. The summed E-state index contributed by atoms with van der Waals surface area (Å²) in [6.45, 7) is 0. The van der Waals surface area contributed by atoms with Gasteiger partial charge in [0.05, 0.1) is 6.16 Å². The van der Waals surface area contributed by atoms with Crippen LogP contribution in [0.2, 0.25) is 0 Å². The second-order valence-corrected chi connectivity index (χ2v) is 9.08. The Morgan fingerprint density at radius 2 is 1.29 bits per heavy atom. The molecule has 1 aliphatic heterocycles. The molecule has 1 heterocycles. The van der Waals surface area contributed by atoms with E-state index in [0.717, 1.165) is 40.0 Å². The zero-order chi connectivity index (χ0) is 21.2. The van der Waals surface area contributed by atoms with E-state index in [-0.39, 0.29) is 0 Å². The molecule has 0 amide bonds. The van der Waals surface area contributed by atoms with Gasteiger partial charge in [-0.1, -0.05) is 78.9 Å². The van der Waals surface area contributed by atoms with Gasteiger partial charge in [-0.05, 0) is 29.3 Å². The summed E-state index contributed by atoms with van der Waals surface area (Å²) in [6, 6.07) is 33.4. The predicted octanol–water partition coefficient (Wildman–Crippen LogP) is 7.37. The Bertz CT molecular complexity index is 1170. The van der Waals surface area contributed by atoms with Crippen molar-refractivity contribution in [3.05, 3.63) is 103 Å². The minimum atomic E-state index is -1.19. The second-order valence-electron chi connectivity index (χ2n) is 7.73. The van der Waals surface area contributed by atoms with Crippen molar-refractivity contribution in [3.63, 3.8) is 0 Å². The summed E-state index contributed by atoms with van der Waals surface area (Å²) in [5.74, 6) is 1.73. The summed E-state index contributed by atoms with van der Waals surface area (Å²) in [7, 11) is 2.94. The van der Waals surface area contributed by atoms with Crippen LogP contribution >= 0.6 is 8.38 Å². The minimum absolute atomic E-state index is 0.740. The number of hydrogen-bond acceptors (Lipinski definition) is 3. The molecule has 0 saturated carbocycles. The fraction of sp³-hybridized carbons (Fsp3) is 0.111. The largest absolute Gasteiger partial charge is 0.438 e. The smallest absolute Gasteiger partial charge is 0.295 e. The van der Waals surface area contributed by atoms with E-state index in [0.29, 0.717) is 0 Å². The van der Waals surface area contributed by atoms with Gasteiger partial charge in [-0.2, -0.15) is 0 Å². The molecular weight excluding hydrogens is 401 g/mol. The van der Waals surface area contributed by atoms with Crippen molar-refractivity contribution in [2.24, 2.45) is 0 Å². The topological polar surface area (TPSA) is 21.7 Å². The van der Waals surface area contributed by atoms with Crippen molar-refractivity contribution in [1.82, 2.24) is 0 Å². The van der Waals surface area contributed by atoms with Crippen LogP contribution in [0.1, 0.15) is 5.56 Å². The Morgan fingerprint density at radius 3 is 2.10 bits per heavy atom. The number of benzene rings is 4. The van der Waals surface area contributed by atoms with Gasteiger partial charge >= 0.3 is 0 Å². The lowest BCUT2D eigenvalue weighted by atomic mass is 10.00. The van der Waals surface area contributed by atoms with E-state index in [4.69, 9.17) is 9.05 Å². The molecule has 0 radical (unpaired) electrons. The summed E-state index contributed by atoms with van der Waals surface area (Å²) in [5, 5.41) is 0. The zero-order valence-corrected chi connectivity index (χ0v) is 18.6. The molecule has 1 aliphatic rings. The molecule has 4 aromatic carbocycles. The zero-order valence-electron chi connectivity index (χ0n) is 17.7. The van der Waals surface area contributed by atoms with Crippen LogP contribution in [0.15, 0.2) is 97.1 Å². The molecule has 4 heteroatoms. The van der Waals surface area contributed by atoms with Gasteiger partial charge in [-0.25, -0.2) is 0 Å². The van der Waals surface area contributed by atoms with Crippen LogP contribution in [0, 0.1) is 0 Å². The van der Waals surface area contributed by atoms with Crippen molar-refractivity contribution in [3.8, 4) is 33.8 Å². The number of para-hydroxylation sites is 3. The fourth-order valence-electron chi connectivity index (χ4n) is 3.99. The van der Waals surface area contributed by atoms with Crippen LogP contribution in [0.25, 0.3) is 22.3 Å². The minimum Gasteiger partial charge on any atom is -0.438 e. The van der Waals surface area contributed by atoms with E-state index in [9.17, 15) is 0 Å². The van der Waals surface area contributed by atoms with Gasteiger partial charge in [0.1, 0.15) is 11.5 Å². The first-order valence-electron chi connectivity index (χ1n) is 10.4. The van der Waals surface area contributed by atoms with Crippen LogP contribution < -0.4 is 13.9 Å². The number of fused-ring (bicyclic) bond motifs is 3. The average Bonchev–Trinajstić information content (AvgIpc) is 2.96. The van der Waals surface area contributed by atoms with E-state index in [1.54, 1.807) is 0 Å². The van der Waals surface area contributed by atoms with Crippen LogP contribution in [0.3, 0.4) is 0 Å². The van der Waals surface area contributed by atoms with E-state index < -0.39 is 8.38 Å². The van der Waals surface area contributed by atoms with Gasteiger partial charge in [0.2, 0.25) is 0 Å². The van der Waals surface area contributed by atoms with Crippen molar-refractivity contribution < 1.29 is 9.05 Å². The number of hydrogen-bond donors (Lipinski definition) is 0. The Morgan fingerprint density at radius 1 is 0.677 bits per heavy atom. The molecular formula is C27H24NO2P. The number of anilines is 1. The highest BCUT2D eigenvalue weighted by atomic mass is 31.2. The fourth-order valence-corrected chi connectivity index (χ4v) is 5.47.